The number of carbonyl (C=O) groups is 1. The highest BCUT2D eigenvalue weighted by molar-refractivity contribution is 5.76. The molecular weight excluding hydrogens is 232 g/mol. The number of rotatable bonds is 4. The number of amides is 2. The van der Waals surface area contributed by atoms with Gasteiger partial charge in [-0.05, 0) is 17.7 Å². The molecule has 1 atom stereocenters. The summed E-state index contributed by atoms with van der Waals surface area (Å²) in [7, 11) is 3.35. The molecule has 1 saturated heterocycles. The number of methoxy groups -OCH3 is 1. The second kappa shape index (κ2) is 5.27. The van der Waals surface area contributed by atoms with Gasteiger partial charge in [0, 0.05) is 20.1 Å². The van der Waals surface area contributed by atoms with Gasteiger partial charge in [-0.15, -0.1) is 0 Å². The topological polar surface area (TPSA) is 53.0 Å². The maximum atomic E-state index is 11.7. The van der Waals surface area contributed by atoms with Crippen molar-refractivity contribution in [3.8, 4) is 5.75 Å². The second-order valence-electron chi connectivity index (χ2n) is 4.44. The van der Waals surface area contributed by atoms with Crippen LogP contribution in [0, 0.1) is 0 Å². The minimum atomic E-state index is -0.685. The van der Waals surface area contributed by atoms with Crippen LogP contribution in [0.5, 0.6) is 5.75 Å². The molecule has 0 spiro atoms. The van der Waals surface area contributed by atoms with Gasteiger partial charge in [-0.3, -0.25) is 0 Å². The molecule has 2 rings (SSSR count). The lowest BCUT2D eigenvalue weighted by atomic mass is 10.1. The number of aliphatic hydroxyl groups is 1. The van der Waals surface area contributed by atoms with Gasteiger partial charge < -0.3 is 19.6 Å². The van der Waals surface area contributed by atoms with E-state index in [9.17, 15) is 9.90 Å². The minimum absolute atomic E-state index is 0.0306. The Morgan fingerprint density at radius 1 is 1.44 bits per heavy atom. The van der Waals surface area contributed by atoms with Crippen molar-refractivity contribution in [1.29, 1.82) is 0 Å². The van der Waals surface area contributed by atoms with Crippen LogP contribution in [0.4, 0.5) is 4.79 Å². The van der Waals surface area contributed by atoms with Crippen LogP contribution in [0.3, 0.4) is 0 Å². The summed E-state index contributed by atoms with van der Waals surface area (Å²) in [4.78, 5) is 15.0. The average molecular weight is 250 g/mol. The van der Waals surface area contributed by atoms with Crippen molar-refractivity contribution < 1.29 is 14.6 Å². The summed E-state index contributed by atoms with van der Waals surface area (Å²) in [6.07, 6.45) is -0.685. The quantitative estimate of drug-likeness (QED) is 0.870. The molecule has 0 aromatic heterocycles. The lowest BCUT2D eigenvalue weighted by Crippen LogP contribution is -2.32. The third-order valence-corrected chi connectivity index (χ3v) is 3.17. The number of aliphatic hydroxyl groups excluding tert-OH is 1. The van der Waals surface area contributed by atoms with Crippen molar-refractivity contribution in [2.45, 2.75) is 6.10 Å². The Morgan fingerprint density at radius 3 is 2.83 bits per heavy atom. The van der Waals surface area contributed by atoms with Gasteiger partial charge in [-0.1, -0.05) is 12.1 Å². The lowest BCUT2D eigenvalue weighted by Gasteiger charge is -2.20. The Labute approximate surface area is 107 Å². The highest BCUT2D eigenvalue weighted by atomic mass is 16.5. The molecule has 5 nitrogen and oxygen atoms in total. The summed E-state index contributed by atoms with van der Waals surface area (Å²) in [6, 6.07) is 7.24. The van der Waals surface area contributed by atoms with E-state index in [4.69, 9.17) is 4.74 Å². The molecule has 1 aliphatic heterocycles. The van der Waals surface area contributed by atoms with Crippen molar-refractivity contribution in [2.24, 2.45) is 0 Å². The molecule has 1 unspecified atom stereocenters. The van der Waals surface area contributed by atoms with Crippen molar-refractivity contribution in [1.82, 2.24) is 9.80 Å². The van der Waals surface area contributed by atoms with Crippen molar-refractivity contribution in [2.75, 3.05) is 33.8 Å². The first-order chi connectivity index (χ1) is 8.61. The standard InChI is InChI=1S/C13H18N2O3/c1-14-6-7-15(13(14)17)9-12(16)10-4-3-5-11(8-10)18-2/h3-5,8,12,16H,6-7,9H2,1-2H3. The van der Waals surface area contributed by atoms with E-state index < -0.39 is 6.10 Å². The van der Waals surface area contributed by atoms with Gasteiger partial charge in [-0.25, -0.2) is 4.79 Å². The van der Waals surface area contributed by atoms with Crippen molar-refractivity contribution in [3.63, 3.8) is 0 Å². The molecule has 0 radical (unpaired) electrons. The van der Waals surface area contributed by atoms with Gasteiger partial charge >= 0.3 is 6.03 Å². The minimum Gasteiger partial charge on any atom is -0.497 e. The van der Waals surface area contributed by atoms with E-state index in [1.807, 2.05) is 18.2 Å². The fraction of sp³-hybridized carbons (Fsp3) is 0.462. The normalized spacial score (nSPS) is 17.2. The summed E-state index contributed by atoms with van der Waals surface area (Å²) in [5, 5.41) is 10.1. The molecule has 0 saturated carbocycles. The van der Waals surface area contributed by atoms with E-state index >= 15 is 0 Å². The van der Waals surface area contributed by atoms with E-state index in [0.717, 1.165) is 5.56 Å². The highest BCUT2D eigenvalue weighted by Gasteiger charge is 2.27. The third-order valence-electron chi connectivity index (χ3n) is 3.17. The molecule has 5 heteroatoms. The highest BCUT2D eigenvalue weighted by Crippen LogP contribution is 2.21. The molecule has 2 amide bonds. The molecule has 0 aliphatic carbocycles. The van der Waals surface area contributed by atoms with Crippen LogP contribution in [0.25, 0.3) is 0 Å². The number of hydrogen-bond donors (Lipinski definition) is 1. The van der Waals surface area contributed by atoms with Crippen LogP contribution >= 0.6 is 0 Å². The first-order valence-electron chi connectivity index (χ1n) is 5.94. The maximum Gasteiger partial charge on any atom is 0.319 e. The molecule has 1 fully saturated rings. The fourth-order valence-electron chi connectivity index (χ4n) is 2.04. The molecule has 1 aromatic rings. The molecule has 1 aliphatic rings. The maximum absolute atomic E-state index is 11.7. The summed E-state index contributed by atoms with van der Waals surface area (Å²) in [6.45, 7) is 1.69. The second-order valence-corrected chi connectivity index (χ2v) is 4.44. The van der Waals surface area contributed by atoms with Crippen molar-refractivity contribution >= 4 is 6.03 Å². The number of urea groups is 1. The Morgan fingerprint density at radius 2 is 2.22 bits per heavy atom. The first-order valence-corrected chi connectivity index (χ1v) is 5.94. The summed E-state index contributed by atoms with van der Waals surface area (Å²) >= 11 is 0. The number of carbonyl (C=O) groups excluding carboxylic acids is 1. The van der Waals surface area contributed by atoms with Crippen LogP contribution in [0.15, 0.2) is 24.3 Å². The van der Waals surface area contributed by atoms with Crippen LogP contribution in [0.1, 0.15) is 11.7 Å². The van der Waals surface area contributed by atoms with E-state index in [1.54, 1.807) is 30.0 Å². The van der Waals surface area contributed by atoms with E-state index in [1.165, 1.54) is 0 Å². The summed E-state index contributed by atoms with van der Waals surface area (Å²) in [5.41, 5.74) is 0.761. The van der Waals surface area contributed by atoms with Gasteiger partial charge in [0.2, 0.25) is 0 Å². The third kappa shape index (κ3) is 2.56. The zero-order valence-corrected chi connectivity index (χ0v) is 10.7. The molecule has 1 N–H and O–H groups in total. The predicted molar refractivity (Wildman–Crippen MR) is 67.6 cm³/mol. The number of likely N-dealkylation sites (N-methyl/N-ethyl adjacent to an activating group) is 1. The smallest absolute Gasteiger partial charge is 0.319 e. The van der Waals surface area contributed by atoms with Crippen LogP contribution < -0.4 is 4.74 Å². The van der Waals surface area contributed by atoms with E-state index in [0.29, 0.717) is 25.4 Å². The average Bonchev–Trinajstić information content (AvgIpc) is 2.71. The zero-order chi connectivity index (χ0) is 13.1. The Kier molecular flexibility index (Phi) is 3.72. The molecule has 1 aromatic carbocycles. The number of nitrogens with zero attached hydrogens (tertiary/aromatic N) is 2. The lowest BCUT2D eigenvalue weighted by molar-refractivity contribution is 0.129. The first kappa shape index (κ1) is 12.7. The zero-order valence-electron chi connectivity index (χ0n) is 10.7. The SMILES string of the molecule is COc1cccc(C(O)CN2CCN(C)C2=O)c1. The molecule has 98 valence electrons. The number of hydrogen-bond acceptors (Lipinski definition) is 3. The monoisotopic (exact) mass is 250 g/mol. The van der Waals surface area contributed by atoms with Crippen LogP contribution in [0.2, 0.25) is 0 Å². The molecule has 0 bridgehead atoms. The van der Waals surface area contributed by atoms with Gasteiger partial charge in [0.1, 0.15) is 5.75 Å². The van der Waals surface area contributed by atoms with E-state index in [-0.39, 0.29) is 6.03 Å². The number of β-amino-alcohol motifs (C(OH)–C–C–N with tert-alkyl or cyclic N) is 1. The molecule has 1 heterocycles. The van der Waals surface area contributed by atoms with Gasteiger partial charge in [0.05, 0.1) is 19.8 Å². The molecular formula is C13H18N2O3. The number of benzene rings is 1. The van der Waals surface area contributed by atoms with Gasteiger partial charge in [-0.2, -0.15) is 0 Å². The van der Waals surface area contributed by atoms with Crippen molar-refractivity contribution in [3.05, 3.63) is 29.8 Å². The predicted octanol–water partition coefficient (Wildman–Crippen LogP) is 1.10. The Bertz CT molecular complexity index is 436. The number of ether oxygens (including phenoxy) is 1. The van der Waals surface area contributed by atoms with Crippen LogP contribution in [-0.4, -0.2) is 54.7 Å². The largest absolute Gasteiger partial charge is 0.497 e. The van der Waals surface area contributed by atoms with E-state index in [2.05, 4.69) is 0 Å². The van der Waals surface area contributed by atoms with Gasteiger partial charge in [0.25, 0.3) is 0 Å². The Hall–Kier alpha value is -1.75. The fourth-order valence-corrected chi connectivity index (χ4v) is 2.04. The Balaban J connectivity index is 2.03. The summed E-state index contributed by atoms with van der Waals surface area (Å²) < 4.78 is 5.11. The van der Waals surface area contributed by atoms with Crippen LogP contribution in [-0.2, 0) is 0 Å². The van der Waals surface area contributed by atoms with Gasteiger partial charge in [0.15, 0.2) is 0 Å². The molecule has 18 heavy (non-hydrogen) atoms. The summed E-state index contributed by atoms with van der Waals surface area (Å²) in [5.74, 6) is 0.705.